The fourth-order valence-corrected chi connectivity index (χ4v) is 2.41. The van der Waals surface area contributed by atoms with Gasteiger partial charge in [-0.2, -0.15) is 0 Å². The number of aromatic nitrogens is 1. The van der Waals surface area contributed by atoms with Crippen LogP contribution < -0.4 is 5.32 Å². The Morgan fingerprint density at radius 2 is 2.05 bits per heavy atom. The SMILES string of the molecule is O=C(CN1CCNCC1)N=Nc1c(O)[nH]c2ccccc12. The van der Waals surface area contributed by atoms with Crippen LogP contribution in [-0.4, -0.2) is 53.6 Å². The van der Waals surface area contributed by atoms with Gasteiger partial charge in [0.25, 0.3) is 5.91 Å². The van der Waals surface area contributed by atoms with Crippen molar-refractivity contribution in [2.75, 3.05) is 32.7 Å². The maximum absolute atomic E-state index is 11.8. The van der Waals surface area contributed by atoms with Crippen LogP contribution in [0.4, 0.5) is 5.69 Å². The van der Waals surface area contributed by atoms with Gasteiger partial charge >= 0.3 is 0 Å². The topological polar surface area (TPSA) is 93.1 Å². The van der Waals surface area contributed by atoms with Gasteiger partial charge in [0.1, 0.15) is 0 Å². The van der Waals surface area contributed by atoms with Crippen LogP contribution in [0, 0.1) is 0 Å². The van der Waals surface area contributed by atoms with Crippen LogP contribution in [0.25, 0.3) is 10.9 Å². The Morgan fingerprint density at radius 1 is 1.29 bits per heavy atom. The maximum Gasteiger partial charge on any atom is 0.278 e. The second-order valence-electron chi connectivity index (χ2n) is 4.99. The molecule has 2 heterocycles. The molecule has 0 aliphatic carbocycles. The van der Waals surface area contributed by atoms with Gasteiger partial charge in [0.2, 0.25) is 5.88 Å². The number of carbonyl (C=O) groups excluding carboxylic acids is 1. The molecule has 1 amide bonds. The third kappa shape index (κ3) is 3.09. The lowest BCUT2D eigenvalue weighted by Crippen LogP contribution is -2.45. The molecule has 3 N–H and O–H groups in total. The average Bonchev–Trinajstić information content (AvgIpc) is 2.81. The predicted octanol–water partition coefficient (Wildman–Crippen LogP) is 1.39. The first-order valence-electron chi connectivity index (χ1n) is 6.91. The summed E-state index contributed by atoms with van der Waals surface area (Å²) in [5.74, 6) is -0.378. The van der Waals surface area contributed by atoms with Gasteiger partial charge < -0.3 is 15.4 Å². The second kappa shape index (κ2) is 6.02. The van der Waals surface area contributed by atoms with Crippen LogP contribution in [0.5, 0.6) is 5.88 Å². The van der Waals surface area contributed by atoms with Crippen molar-refractivity contribution >= 4 is 22.5 Å². The summed E-state index contributed by atoms with van der Waals surface area (Å²) in [5, 5.41) is 21.4. The zero-order chi connectivity index (χ0) is 14.7. The predicted molar refractivity (Wildman–Crippen MR) is 78.8 cm³/mol. The average molecular weight is 287 g/mol. The molecule has 3 rings (SSSR count). The van der Waals surface area contributed by atoms with Crippen LogP contribution in [0.1, 0.15) is 0 Å². The highest BCUT2D eigenvalue weighted by Crippen LogP contribution is 2.35. The molecular formula is C14H17N5O2. The monoisotopic (exact) mass is 287 g/mol. The highest BCUT2D eigenvalue weighted by molar-refractivity contribution is 5.94. The molecule has 21 heavy (non-hydrogen) atoms. The van der Waals surface area contributed by atoms with E-state index < -0.39 is 0 Å². The van der Waals surface area contributed by atoms with Gasteiger partial charge in [-0.3, -0.25) is 9.69 Å². The van der Waals surface area contributed by atoms with Crippen molar-refractivity contribution in [3.63, 3.8) is 0 Å². The molecule has 0 atom stereocenters. The summed E-state index contributed by atoms with van der Waals surface area (Å²) in [6.45, 7) is 3.69. The number of rotatable bonds is 3. The molecule has 0 bridgehead atoms. The lowest BCUT2D eigenvalue weighted by atomic mass is 10.2. The van der Waals surface area contributed by atoms with Gasteiger partial charge in [0.15, 0.2) is 5.69 Å². The normalized spacial score (nSPS) is 16.8. The number of aromatic amines is 1. The number of piperazine rings is 1. The van der Waals surface area contributed by atoms with Crippen LogP contribution in [0.2, 0.25) is 0 Å². The Morgan fingerprint density at radius 3 is 2.86 bits per heavy atom. The lowest BCUT2D eigenvalue weighted by Gasteiger charge is -2.25. The Bertz CT molecular complexity index is 673. The summed E-state index contributed by atoms with van der Waals surface area (Å²) < 4.78 is 0. The van der Waals surface area contributed by atoms with Crippen LogP contribution in [0.15, 0.2) is 34.5 Å². The molecule has 1 fully saturated rings. The number of benzene rings is 1. The van der Waals surface area contributed by atoms with Crippen molar-refractivity contribution in [1.29, 1.82) is 0 Å². The Balaban J connectivity index is 1.72. The number of hydrogen-bond donors (Lipinski definition) is 3. The second-order valence-corrected chi connectivity index (χ2v) is 4.99. The third-order valence-electron chi connectivity index (χ3n) is 3.49. The van der Waals surface area contributed by atoms with E-state index in [-0.39, 0.29) is 18.3 Å². The van der Waals surface area contributed by atoms with E-state index in [0.717, 1.165) is 37.1 Å². The van der Waals surface area contributed by atoms with Gasteiger partial charge in [0.05, 0.1) is 12.1 Å². The molecule has 1 aromatic heterocycles. The highest BCUT2D eigenvalue weighted by atomic mass is 16.3. The van der Waals surface area contributed by atoms with Gasteiger partial charge in [-0.1, -0.05) is 18.2 Å². The number of carbonyl (C=O) groups is 1. The molecule has 7 heteroatoms. The van der Waals surface area contributed by atoms with Crippen molar-refractivity contribution in [2.45, 2.75) is 0 Å². The standard InChI is InChI=1S/C14H17N5O2/c20-12(9-19-7-5-15-6-8-19)17-18-13-10-3-1-2-4-11(10)16-14(13)21/h1-4,15-16,21H,5-9H2. The molecule has 110 valence electrons. The van der Waals surface area contributed by atoms with Crippen molar-refractivity contribution in [3.8, 4) is 5.88 Å². The fraction of sp³-hybridized carbons (Fsp3) is 0.357. The van der Waals surface area contributed by atoms with Crippen molar-refractivity contribution in [1.82, 2.24) is 15.2 Å². The summed E-state index contributed by atoms with van der Waals surface area (Å²) in [6.07, 6.45) is 0. The van der Waals surface area contributed by atoms with Crippen molar-refractivity contribution < 1.29 is 9.90 Å². The van der Waals surface area contributed by atoms with E-state index in [4.69, 9.17) is 0 Å². The fourth-order valence-electron chi connectivity index (χ4n) is 2.41. The van der Waals surface area contributed by atoms with E-state index in [9.17, 15) is 9.90 Å². The molecule has 1 aliphatic heterocycles. The molecule has 1 aromatic carbocycles. The zero-order valence-electron chi connectivity index (χ0n) is 11.5. The first-order chi connectivity index (χ1) is 10.2. The first-order valence-corrected chi connectivity index (χ1v) is 6.91. The third-order valence-corrected chi connectivity index (χ3v) is 3.49. The molecule has 1 saturated heterocycles. The number of H-pyrrole nitrogens is 1. The smallest absolute Gasteiger partial charge is 0.278 e. The number of amides is 1. The van der Waals surface area contributed by atoms with E-state index >= 15 is 0 Å². The molecular weight excluding hydrogens is 270 g/mol. The zero-order valence-corrected chi connectivity index (χ0v) is 11.5. The summed E-state index contributed by atoms with van der Waals surface area (Å²) in [4.78, 5) is 16.7. The minimum Gasteiger partial charge on any atom is -0.493 e. The molecule has 2 aromatic rings. The van der Waals surface area contributed by atoms with Crippen LogP contribution >= 0.6 is 0 Å². The highest BCUT2D eigenvalue weighted by Gasteiger charge is 2.14. The summed E-state index contributed by atoms with van der Waals surface area (Å²) in [6, 6.07) is 7.35. The number of azo groups is 1. The Hall–Kier alpha value is -2.25. The number of hydrogen-bond acceptors (Lipinski definition) is 5. The number of fused-ring (bicyclic) bond motifs is 1. The Labute approximate surface area is 121 Å². The number of nitrogens with one attached hydrogen (secondary N) is 2. The molecule has 1 aliphatic rings. The van der Waals surface area contributed by atoms with Gasteiger partial charge in [-0.15, -0.1) is 10.2 Å². The minimum absolute atomic E-state index is 0.0741. The Kier molecular flexibility index (Phi) is 3.94. The molecule has 0 radical (unpaired) electrons. The summed E-state index contributed by atoms with van der Waals surface area (Å²) in [5.41, 5.74) is 1.07. The number of nitrogens with zero attached hydrogens (tertiary/aromatic N) is 3. The molecule has 0 unspecified atom stereocenters. The first kappa shape index (κ1) is 13.7. The number of para-hydroxylation sites is 1. The van der Waals surface area contributed by atoms with E-state index in [1.54, 1.807) is 0 Å². The largest absolute Gasteiger partial charge is 0.493 e. The molecule has 7 nitrogen and oxygen atoms in total. The van der Waals surface area contributed by atoms with Crippen molar-refractivity contribution in [2.24, 2.45) is 10.2 Å². The van der Waals surface area contributed by atoms with E-state index in [2.05, 4.69) is 20.5 Å². The van der Waals surface area contributed by atoms with Crippen LogP contribution in [0.3, 0.4) is 0 Å². The van der Waals surface area contributed by atoms with E-state index in [1.165, 1.54) is 0 Å². The van der Waals surface area contributed by atoms with E-state index in [1.807, 2.05) is 29.2 Å². The minimum atomic E-state index is -0.304. The van der Waals surface area contributed by atoms with Gasteiger partial charge in [-0.25, -0.2) is 0 Å². The van der Waals surface area contributed by atoms with Gasteiger partial charge in [-0.05, 0) is 6.07 Å². The van der Waals surface area contributed by atoms with Crippen LogP contribution in [-0.2, 0) is 4.79 Å². The molecule has 0 saturated carbocycles. The lowest BCUT2D eigenvalue weighted by molar-refractivity contribution is -0.119. The quantitative estimate of drug-likeness (QED) is 0.744. The maximum atomic E-state index is 11.8. The molecule has 0 spiro atoms. The van der Waals surface area contributed by atoms with E-state index in [0.29, 0.717) is 5.69 Å². The summed E-state index contributed by atoms with van der Waals surface area (Å²) in [7, 11) is 0. The van der Waals surface area contributed by atoms with Crippen molar-refractivity contribution in [3.05, 3.63) is 24.3 Å². The van der Waals surface area contributed by atoms with Gasteiger partial charge in [0, 0.05) is 31.6 Å². The summed E-state index contributed by atoms with van der Waals surface area (Å²) >= 11 is 0. The number of aromatic hydroxyl groups is 1.